The Bertz CT molecular complexity index is 991. The predicted molar refractivity (Wildman–Crippen MR) is 123 cm³/mol. The zero-order valence-corrected chi connectivity index (χ0v) is 20.7. The third kappa shape index (κ3) is 2.44. The Kier molecular flexibility index (Phi) is 4.23. The Morgan fingerprint density at radius 2 is 1.74 bits per heavy atom. The number of Topliss-reactive ketones (excluding diaryl/α,β-unsaturated/α-hetero) is 1. The maximum Gasteiger partial charge on any atom is 0.336 e. The predicted octanol–water partition coefficient (Wildman–Crippen LogP) is 3.59. The van der Waals surface area contributed by atoms with Gasteiger partial charge >= 0.3 is 5.97 Å². The zero-order valence-electron chi connectivity index (χ0n) is 20.7. The van der Waals surface area contributed by atoms with E-state index in [2.05, 4.69) is 20.4 Å². The van der Waals surface area contributed by atoms with Gasteiger partial charge in [0.15, 0.2) is 0 Å². The lowest BCUT2D eigenvalue weighted by Gasteiger charge is -2.59. The Morgan fingerprint density at radius 3 is 2.50 bits per heavy atom. The number of carbonyl (C=O) groups is 2. The molecule has 0 aromatic carbocycles. The molecule has 3 heterocycles. The van der Waals surface area contributed by atoms with E-state index in [-0.39, 0.29) is 41.7 Å². The molecule has 4 aliphatic carbocycles. The van der Waals surface area contributed by atoms with Gasteiger partial charge in [0.25, 0.3) is 0 Å². The number of epoxide rings is 1. The molecule has 4 saturated carbocycles. The quantitative estimate of drug-likeness (QED) is 0.358. The number of hydrogen-bond acceptors (Lipinski definition) is 6. The van der Waals surface area contributed by atoms with Gasteiger partial charge in [-0.15, -0.1) is 0 Å². The highest BCUT2D eigenvalue weighted by atomic mass is 16.6. The first-order chi connectivity index (χ1) is 16.0. The third-order valence-electron chi connectivity index (χ3n) is 12.3. The fourth-order valence-electron chi connectivity index (χ4n) is 10.4. The van der Waals surface area contributed by atoms with Crippen molar-refractivity contribution in [3.63, 3.8) is 0 Å². The van der Waals surface area contributed by atoms with Crippen LogP contribution in [0.25, 0.3) is 0 Å². The van der Waals surface area contributed by atoms with Crippen LogP contribution in [-0.2, 0) is 23.8 Å². The number of aliphatic hydroxyl groups is 1. The van der Waals surface area contributed by atoms with Crippen molar-refractivity contribution in [3.05, 3.63) is 12.2 Å². The van der Waals surface area contributed by atoms with Gasteiger partial charge in [0.2, 0.25) is 0 Å². The molecular weight excluding hydrogens is 432 g/mol. The van der Waals surface area contributed by atoms with Gasteiger partial charge in [0.1, 0.15) is 23.1 Å². The largest absolute Gasteiger partial charge is 0.458 e. The third-order valence-corrected chi connectivity index (χ3v) is 12.3. The summed E-state index contributed by atoms with van der Waals surface area (Å²) >= 11 is 0. The van der Waals surface area contributed by atoms with Gasteiger partial charge in [0, 0.05) is 25.2 Å². The molecule has 2 bridgehead atoms. The highest BCUT2D eigenvalue weighted by Crippen LogP contribution is 2.73. The van der Waals surface area contributed by atoms with E-state index in [0.717, 1.165) is 32.1 Å². The molecule has 0 unspecified atom stereocenters. The number of esters is 1. The number of rotatable bonds is 1. The Balaban J connectivity index is 1.18. The minimum atomic E-state index is -0.594. The second-order valence-corrected chi connectivity index (χ2v) is 13.4. The van der Waals surface area contributed by atoms with Crippen molar-refractivity contribution in [3.8, 4) is 0 Å². The first-order valence-electron chi connectivity index (χ1n) is 13.5. The molecule has 0 aromatic rings. The normalized spacial score (nSPS) is 59.9. The van der Waals surface area contributed by atoms with E-state index in [1.807, 2.05) is 6.92 Å². The molecule has 34 heavy (non-hydrogen) atoms. The second kappa shape index (κ2) is 6.54. The molecule has 0 aromatic heterocycles. The average Bonchev–Trinajstić information content (AvgIpc) is 3.36. The van der Waals surface area contributed by atoms with Crippen LogP contribution in [-0.4, -0.2) is 53.0 Å². The summed E-state index contributed by atoms with van der Waals surface area (Å²) in [5, 5.41) is 10.4. The second-order valence-electron chi connectivity index (χ2n) is 13.4. The first-order valence-corrected chi connectivity index (χ1v) is 13.5. The van der Waals surface area contributed by atoms with Crippen LogP contribution in [0.2, 0.25) is 0 Å². The number of ether oxygens (including phenoxy) is 3. The van der Waals surface area contributed by atoms with Gasteiger partial charge in [0.05, 0.1) is 29.8 Å². The number of ketones is 1. The van der Waals surface area contributed by atoms with Crippen LogP contribution in [0.1, 0.15) is 72.1 Å². The molecule has 7 fully saturated rings. The molecule has 0 amide bonds. The lowest BCUT2D eigenvalue weighted by Crippen LogP contribution is -2.63. The molecule has 12 atom stereocenters. The van der Waals surface area contributed by atoms with Crippen molar-refractivity contribution in [1.29, 1.82) is 0 Å². The van der Waals surface area contributed by atoms with Crippen LogP contribution in [0.15, 0.2) is 12.2 Å². The molecule has 1 spiro atoms. The van der Waals surface area contributed by atoms with E-state index in [1.54, 1.807) is 0 Å². The van der Waals surface area contributed by atoms with Gasteiger partial charge < -0.3 is 19.3 Å². The summed E-state index contributed by atoms with van der Waals surface area (Å²) in [5.41, 5.74) is -0.872. The van der Waals surface area contributed by atoms with Crippen molar-refractivity contribution < 1.29 is 28.9 Å². The number of carbonyl (C=O) groups excluding carboxylic acids is 2. The van der Waals surface area contributed by atoms with Crippen LogP contribution in [0.5, 0.6) is 0 Å². The van der Waals surface area contributed by atoms with E-state index >= 15 is 0 Å². The van der Waals surface area contributed by atoms with Gasteiger partial charge in [-0.25, -0.2) is 4.79 Å². The van der Waals surface area contributed by atoms with Gasteiger partial charge in [-0.05, 0) is 75.0 Å². The summed E-state index contributed by atoms with van der Waals surface area (Å²) < 4.78 is 18.6. The van der Waals surface area contributed by atoms with Crippen molar-refractivity contribution >= 4 is 11.8 Å². The standard InChI is InChI=1S/C28H38O6/c1-14-24(31)33-21-12-26(14,3)32-13-17(21)19-6-5-18-16-10-23-28(34-23)11-15(29)9-22(30)27(28,4)20(16)7-8-25(18,19)2/h15-21,23,29H,1,5-13H2,2-4H3/t15-,16+,17+,18+,19-,20-,21-,23-,25-,26-,27+,28-/m1/s1. The van der Waals surface area contributed by atoms with Crippen LogP contribution in [0.3, 0.4) is 0 Å². The average molecular weight is 471 g/mol. The molecule has 7 rings (SSSR count). The number of fused-ring (bicyclic) bond motifs is 6. The molecule has 186 valence electrons. The zero-order chi connectivity index (χ0) is 23.8. The fourth-order valence-corrected chi connectivity index (χ4v) is 10.4. The number of hydrogen-bond donors (Lipinski definition) is 1. The minimum absolute atomic E-state index is 0.0975. The van der Waals surface area contributed by atoms with Gasteiger partial charge in [-0.1, -0.05) is 13.5 Å². The number of aliphatic hydroxyl groups excluding tert-OH is 1. The highest BCUT2D eigenvalue weighted by Gasteiger charge is 2.79. The van der Waals surface area contributed by atoms with Crippen LogP contribution in [0, 0.1) is 40.4 Å². The molecule has 3 aliphatic heterocycles. The summed E-state index contributed by atoms with van der Waals surface area (Å²) in [4.78, 5) is 25.9. The molecule has 0 radical (unpaired) electrons. The van der Waals surface area contributed by atoms with Crippen molar-refractivity contribution in [2.24, 2.45) is 40.4 Å². The van der Waals surface area contributed by atoms with Gasteiger partial charge in [-0.3, -0.25) is 4.79 Å². The summed E-state index contributed by atoms with van der Waals surface area (Å²) in [6.07, 6.45) is 6.50. The molecular formula is C28H38O6. The van der Waals surface area contributed by atoms with Crippen LogP contribution in [0.4, 0.5) is 0 Å². The summed E-state index contributed by atoms with van der Waals surface area (Å²) in [6.45, 7) is 11.2. The molecule has 6 nitrogen and oxygen atoms in total. The Hall–Kier alpha value is -1.24. The minimum Gasteiger partial charge on any atom is -0.458 e. The van der Waals surface area contributed by atoms with Crippen LogP contribution < -0.4 is 0 Å². The van der Waals surface area contributed by atoms with E-state index in [1.165, 1.54) is 0 Å². The summed E-state index contributed by atoms with van der Waals surface area (Å²) in [6, 6.07) is 0. The smallest absolute Gasteiger partial charge is 0.336 e. The van der Waals surface area contributed by atoms with E-state index < -0.39 is 22.7 Å². The maximum atomic E-state index is 13.4. The summed E-state index contributed by atoms with van der Waals surface area (Å²) in [5.74, 6) is 1.97. The molecule has 1 N–H and O–H groups in total. The Morgan fingerprint density at radius 1 is 1.00 bits per heavy atom. The fraction of sp³-hybridized carbons (Fsp3) is 0.857. The summed E-state index contributed by atoms with van der Waals surface area (Å²) in [7, 11) is 0. The monoisotopic (exact) mass is 470 g/mol. The van der Waals surface area contributed by atoms with Gasteiger partial charge in [-0.2, -0.15) is 0 Å². The van der Waals surface area contributed by atoms with Crippen molar-refractivity contribution in [2.45, 2.75) is 102 Å². The first kappa shape index (κ1) is 22.0. The van der Waals surface area contributed by atoms with Crippen molar-refractivity contribution in [2.75, 3.05) is 6.61 Å². The topological polar surface area (TPSA) is 85.4 Å². The lowest BCUT2D eigenvalue weighted by atomic mass is 9.44. The Labute approximate surface area is 201 Å². The highest BCUT2D eigenvalue weighted by molar-refractivity contribution is 5.91. The SMILES string of the molecule is C=C1C(=O)O[C@@H]2C[C@@]1(C)OC[C@H]2[C@H]1CC[C@H]2[C@@H]3C[C@H]4O[C@]45C[C@H](O)CC(=O)[C@]5(C)[C@@H]3CC[C@@]12C. The van der Waals surface area contributed by atoms with E-state index in [4.69, 9.17) is 14.2 Å². The van der Waals surface area contributed by atoms with E-state index in [9.17, 15) is 14.7 Å². The lowest BCUT2D eigenvalue weighted by molar-refractivity contribution is -0.201. The van der Waals surface area contributed by atoms with Crippen molar-refractivity contribution in [1.82, 2.24) is 0 Å². The molecule has 6 heteroatoms. The van der Waals surface area contributed by atoms with E-state index in [0.29, 0.717) is 48.7 Å². The van der Waals surface area contributed by atoms with Crippen LogP contribution >= 0.6 is 0 Å². The molecule has 7 aliphatic rings. The molecule has 3 saturated heterocycles. The maximum absolute atomic E-state index is 13.4.